The lowest BCUT2D eigenvalue weighted by Gasteiger charge is -2.20. The molecule has 0 saturated heterocycles. The fraction of sp³-hybridized carbons (Fsp3) is 0.400. The minimum Gasteiger partial charge on any atom is -0.486 e. The van der Waals surface area contributed by atoms with Crippen LogP contribution >= 0.6 is 11.3 Å². The molecule has 2 N–H and O–H groups in total. The van der Waals surface area contributed by atoms with Gasteiger partial charge >= 0.3 is 0 Å². The molecule has 0 bridgehead atoms. The van der Waals surface area contributed by atoms with Crippen molar-refractivity contribution in [1.82, 2.24) is 0 Å². The first-order valence-corrected chi connectivity index (χ1v) is 9.96. The number of fused-ring (bicyclic) bond motifs is 2. The summed E-state index contributed by atoms with van der Waals surface area (Å²) in [5.41, 5.74) is 2.30. The lowest BCUT2D eigenvalue weighted by molar-refractivity contribution is -0.114. The smallest absolute Gasteiger partial charge is 0.258 e. The minimum atomic E-state index is -0.206. The number of hydrogen-bond acceptors (Lipinski definition) is 5. The highest BCUT2D eigenvalue weighted by Gasteiger charge is 2.28. The second kappa shape index (κ2) is 7.23. The molecule has 4 rings (SSSR count). The van der Waals surface area contributed by atoms with Gasteiger partial charge in [0.15, 0.2) is 11.5 Å². The fourth-order valence-electron chi connectivity index (χ4n) is 3.55. The summed E-state index contributed by atoms with van der Waals surface area (Å²) < 4.78 is 11.1. The van der Waals surface area contributed by atoms with Crippen molar-refractivity contribution in [1.29, 1.82) is 0 Å². The Morgan fingerprint density at radius 1 is 1.15 bits per heavy atom. The first-order chi connectivity index (χ1) is 13.0. The molecule has 1 aliphatic carbocycles. The van der Waals surface area contributed by atoms with E-state index < -0.39 is 0 Å². The SMILES string of the molecule is CC(=O)Nc1sc2c(c1C(=O)Nc1ccc3c(c1)OCCO3)CC[C@H](C)C2. The minimum absolute atomic E-state index is 0.171. The van der Waals surface area contributed by atoms with Crippen LogP contribution in [0.5, 0.6) is 11.5 Å². The molecule has 7 heteroatoms. The van der Waals surface area contributed by atoms with Crippen molar-refractivity contribution in [2.75, 3.05) is 23.8 Å². The third-order valence-corrected chi connectivity index (χ3v) is 6.00. The summed E-state index contributed by atoms with van der Waals surface area (Å²) in [5.74, 6) is 1.52. The van der Waals surface area contributed by atoms with Gasteiger partial charge in [-0.15, -0.1) is 11.3 Å². The molecule has 2 heterocycles. The lowest BCUT2D eigenvalue weighted by atomic mass is 9.88. The van der Waals surface area contributed by atoms with E-state index in [0.29, 0.717) is 46.9 Å². The summed E-state index contributed by atoms with van der Waals surface area (Å²) >= 11 is 1.52. The van der Waals surface area contributed by atoms with Gasteiger partial charge in [0, 0.05) is 23.6 Å². The summed E-state index contributed by atoms with van der Waals surface area (Å²) in [7, 11) is 0. The van der Waals surface area contributed by atoms with Crippen LogP contribution in [0.1, 0.15) is 41.1 Å². The molecule has 142 valence electrons. The molecule has 1 atom stereocenters. The summed E-state index contributed by atoms with van der Waals surface area (Å²) in [5, 5.41) is 6.42. The number of amides is 2. The predicted octanol–water partition coefficient (Wildman–Crippen LogP) is 3.85. The van der Waals surface area contributed by atoms with E-state index >= 15 is 0 Å². The number of carbonyl (C=O) groups is 2. The first kappa shape index (κ1) is 17.9. The molecule has 2 amide bonds. The Kier molecular flexibility index (Phi) is 4.78. The molecular formula is C20H22N2O4S. The van der Waals surface area contributed by atoms with Crippen LogP contribution in [0.15, 0.2) is 18.2 Å². The van der Waals surface area contributed by atoms with E-state index in [0.717, 1.165) is 24.8 Å². The monoisotopic (exact) mass is 386 g/mol. The van der Waals surface area contributed by atoms with Gasteiger partial charge in [0.05, 0.1) is 5.56 Å². The maximum Gasteiger partial charge on any atom is 0.258 e. The quantitative estimate of drug-likeness (QED) is 0.840. The van der Waals surface area contributed by atoms with E-state index in [9.17, 15) is 9.59 Å². The highest BCUT2D eigenvalue weighted by atomic mass is 32.1. The first-order valence-electron chi connectivity index (χ1n) is 9.14. The second-order valence-corrected chi connectivity index (χ2v) is 8.15. The molecule has 0 fully saturated rings. The number of nitrogens with one attached hydrogen (secondary N) is 2. The molecule has 0 radical (unpaired) electrons. The largest absolute Gasteiger partial charge is 0.486 e. The van der Waals surface area contributed by atoms with Crippen molar-refractivity contribution < 1.29 is 19.1 Å². The van der Waals surface area contributed by atoms with Gasteiger partial charge < -0.3 is 20.1 Å². The summed E-state index contributed by atoms with van der Waals surface area (Å²) in [6, 6.07) is 5.36. The number of hydrogen-bond donors (Lipinski definition) is 2. The molecule has 1 aromatic carbocycles. The second-order valence-electron chi connectivity index (χ2n) is 7.05. The van der Waals surface area contributed by atoms with Crippen molar-refractivity contribution in [3.63, 3.8) is 0 Å². The maximum atomic E-state index is 13.1. The van der Waals surface area contributed by atoms with Crippen LogP contribution in [-0.4, -0.2) is 25.0 Å². The Morgan fingerprint density at radius 3 is 2.70 bits per heavy atom. The van der Waals surface area contributed by atoms with E-state index in [-0.39, 0.29) is 11.8 Å². The van der Waals surface area contributed by atoms with Crippen LogP contribution in [0, 0.1) is 5.92 Å². The Balaban J connectivity index is 1.64. The van der Waals surface area contributed by atoms with Crippen LogP contribution in [0.2, 0.25) is 0 Å². The molecule has 27 heavy (non-hydrogen) atoms. The highest BCUT2D eigenvalue weighted by Crippen LogP contribution is 2.40. The van der Waals surface area contributed by atoms with E-state index in [1.165, 1.54) is 23.1 Å². The molecular weight excluding hydrogens is 364 g/mol. The van der Waals surface area contributed by atoms with Gasteiger partial charge in [-0.3, -0.25) is 9.59 Å². The normalized spacial score (nSPS) is 17.8. The van der Waals surface area contributed by atoms with Crippen molar-refractivity contribution in [2.24, 2.45) is 5.92 Å². The zero-order chi connectivity index (χ0) is 19.0. The van der Waals surface area contributed by atoms with Crippen molar-refractivity contribution >= 4 is 33.8 Å². The van der Waals surface area contributed by atoms with Crippen LogP contribution in [-0.2, 0) is 17.6 Å². The van der Waals surface area contributed by atoms with Gasteiger partial charge in [0.25, 0.3) is 5.91 Å². The van der Waals surface area contributed by atoms with Gasteiger partial charge in [0.1, 0.15) is 18.2 Å². The van der Waals surface area contributed by atoms with E-state index in [4.69, 9.17) is 9.47 Å². The molecule has 1 aromatic heterocycles. The lowest BCUT2D eigenvalue weighted by Crippen LogP contribution is -2.19. The Hall–Kier alpha value is -2.54. The molecule has 2 aliphatic rings. The molecule has 1 aliphatic heterocycles. The molecule has 2 aromatic rings. The third kappa shape index (κ3) is 3.64. The fourth-order valence-corrected chi connectivity index (χ4v) is 5.01. The zero-order valence-corrected chi connectivity index (χ0v) is 16.2. The van der Waals surface area contributed by atoms with Crippen LogP contribution in [0.25, 0.3) is 0 Å². The Morgan fingerprint density at radius 2 is 1.93 bits per heavy atom. The Labute approximate surface area is 161 Å². The number of anilines is 2. The topological polar surface area (TPSA) is 76.7 Å². The van der Waals surface area contributed by atoms with Crippen molar-refractivity contribution in [3.05, 3.63) is 34.2 Å². The molecule has 6 nitrogen and oxygen atoms in total. The number of thiophene rings is 1. The van der Waals surface area contributed by atoms with Crippen LogP contribution in [0.4, 0.5) is 10.7 Å². The summed E-state index contributed by atoms with van der Waals surface area (Å²) in [4.78, 5) is 25.9. The molecule has 0 spiro atoms. The third-order valence-electron chi connectivity index (χ3n) is 4.83. The number of carbonyl (C=O) groups excluding carboxylic acids is 2. The number of rotatable bonds is 3. The highest BCUT2D eigenvalue weighted by molar-refractivity contribution is 7.17. The molecule has 0 saturated carbocycles. The average Bonchev–Trinajstić information content (AvgIpc) is 2.97. The summed E-state index contributed by atoms with van der Waals surface area (Å²) in [6.45, 7) is 4.70. The van der Waals surface area contributed by atoms with Crippen LogP contribution in [0.3, 0.4) is 0 Å². The Bertz CT molecular complexity index is 906. The number of ether oxygens (including phenoxy) is 2. The van der Waals surface area contributed by atoms with Gasteiger partial charge in [-0.1, -0.05) is 6.92 Å². The van der Waals surface area contributed by atoms with Gasteiger partial charge in [-0.25, -0.2) is 0 Å². The predicted molar refractivity (Wildman–Crippen MR) is 105 cm³/mol. The zero-order valence-electron chi connectivity index (χ0n) is 15.4. The van der Waals surface area contributed by atoms with Crippen molar-refractivity contribution in [3.8, 4) is 11.5 Å². The van der Waals surface area contributed by atoms with E-state index in [1.807, 2.05) is 0 Å². The van der Waals surface area contributed by atoms with E-state index in [1.54, 1.807) is 18.2 Å². The van der Waals surface area contributed by atoms with E-state index in [2.05, 4.69) is 17.6 Å². The summed E-state index contributed by atoms with van der Waals surface area (Å²) in [6.07, 6.45) is 2.86. The standard InChI is InChI=1S/C20H22N2O4S/c1-11-3-5-14-17(9-11)27-20(21-12(2)23)18(14)19(24)22-13-4-6-15-16(10-13)26-8-7-25-15/h4,6,10-11H,3,5,7-9H2,1-2H3,(H,21,23)(H,22,24)/t11-/m0/s1. The average molecular weight is 386 g/mol. The van der Waals surface area contributed by atoms with Gasteiger partial charge in [0.2, 0.25) is 5.91 Å². The maximum absolute atomic E-state index is 13.1. The van der Waals surface area contributed by atoms with Gasteiger partial charge in [-0.2, -0.15) is 0 Å². The van der Waals surface area contributed by atoms with Crippen LogP contribution < -0.4 is 20.1 Å². The van der Waals surface area contributed by atoms with Gasteiger partial charge in [-0.05, 0) is 42.9 Å². The molecule has 0 unspecified atom stereocenters. The van der Waals surface area contributed by atoms with Crippen molar-refractivity contribution in [2.45, 2.75) is 33.1 Å². The number of benzene rings is 1.